The van der Waals surface area contributed by atoms with Gasteiger partial charge >= 0.3 is 0 Å². The molecule has 0 unspecified atom stereocenters. The first-order valence-corrected chi connectivity index (χ1v) is 10.3. The Morgan fingerprint density at radius 2 is 1.76 bits per heavy atom. The molecule has 0 spiro atoms. The Labute approximate surface area is 175 Å². The van der Waals surface area contributed by atoms with Crippen LogP contribution in [0.2, 0.25) is 0 Å². The molecule has 0 saturated heterocycles. The van der Waals surface area contributed by atoms with Crippen LogP contribution < -0.4 is 10.6 Å². The molecule has 2 rings (SSSR count). The zero-order chi connectivity index (χ0) is 21.3. The highest BCUT2D eigenvalue weighted by molar-refractivity contribution is 8.00. The van der Waals surface area contributed by atoms with Crippen molar-refractivity contribution in [3.8, 4) is 0 Å². The summed E-state index contributed by atoms with van der Waals surface area (Å²) >= 11 is 1.30. The highest BCUT2D eigenvalue weighted by atomic mass is 32.2. The topological polar surface area (TPSA) is 67.4 Å². The van der Waals surface area contributed by atoms with Crippen molar-refractivity contribution in [2.75, 3.05) is 32.6 Å². The van der Waals surface area contributed by atoms with Gasteiger partial charge in [-0.25, -0.2) is 4.39 Å². The minimum atomic E-state index is -0.565. The molecule has 0 aliphatic carbocycles. The number of nitrogens with one attached hydrogen (secondary N) is 2. The van der Waals surface area contributed by atoms with Gasteiger partial charge < -0.3 is 15.4 Å². The van der Waals surface area contributed by atoms with Gasteiger partial charge in [0, 0.05) is 30.5 Å². The average Bonchev–Trinajstić information content (AvgIpc) is 2.71. The van der Waals surface area contributed by atoms with Crippen molar-refractivity contribution in [3.63, 3.8) is 0 Å². The van der Waals surface area contributed by atoms with E-state index in [1.54, 1.807) is 37.4 Å². The molecule has 0 saturated carbocycles. The number of carbonyl (C=O) groups excluding carboxylic acids is 2. The van der Waals surface area contributed by atoms with E-state index in [9.17, 15) is 14.0 Å². The standard InChI is InChI=1S/C22H27FN2O3S/c1-22(2,17-9-5-6-10-18(17)23)15-25-21(27)16-8-4-7-11-19(16)29-14-20(26)24-12-13-28-3/h4-11H,12-15H2,1-3H3,(H,24,26)(H,25,27). The molecule has 0 fully saturated rings. The Kier molecular flexibility index (Phi) is 8.67. The van der Waals surface area contributed by atoms with E-state index in [1.807, 2.05) is 26.0 Å². The molecule has 0 aliphatic rings. The number of benzene rings is 2. The van der Waals surface area contributed by atoms with Gasteiger partial charge in [-0.15, -0.1) is 11.8 Å². The summed E-state index contributed by atoms with van der Waals surface area (Å²) < 4.78 is 19.0. The van der Waals surface area contributed by atoms with E-state index < -0.39 is 5.41 Å². The number of hydrogen-bond acceptors (Lipinski definition) is 4. The molecule has 0 bridgehead atoms. The second kappa shape index (κ2) is 11.0. The Morgan fingerprint density at radius 1 is 1.07 bits per heavy atom. The minimum Gasteiger partial charge on any atom is -0.383 e. The van der Waals surface area contributed by atoms with Crippen LogP contribution in [0.3, 0.4) is 0 Å². The molecule has 0 aromatic heterocycles. The fourth-order valence-electron chi connectivity index (χ4n) is 2.77. The molecule has 2 amide bonds. The first-order valence-electron chi connectivity index (χ1n) is 9.36. The summed E-state index contributed by atoms with van der Waals surface area (Å²) in [5, 5.41) is 5.65. The van der Waals surface area contributed by atoms with Crippen LogP contribution in [-0.4, -0.2) is 44.4 Å². The maximum atomic E-state index is 14.1. The lowest BCUT2D eigenvalue weighted by Gasteiger charge is -2.26. The minimum absolute atomic E-state index is 0.122. The molecule has 0 heterocycles. The normalized spacial score (nSPS) is 11.2. The molecule has 156 valence electrons. The number of ether oxygens (including phenoxy) is 1. The SMILES string of the molecule is COCCNC(=O)CSc1ccccc1C(=O)NCC(C)(C)c1ccccc1F. The molecule has 7 heteroatoms. The highest BCUT2D eigenvalue weighted by Crippen LogP contribution is 2.26. The Hall–Kier alpha value is -2.38. The lowest BCUT2D eigenvalue weighted by Crippen LogP contribution is -2.37. The van der Waals surface area contributed by atoms with Gasteiger partial charge in [-0.05, 0) is 23.8 Å². The molecule has 29 heavy (non-hydrogen) atoms. The summed E-state index contributed by atoms with van der Waals surface area (Å²) in [7, 11) is 1.57. The number of hydrogen-bond donors (Lipinski definition) is 2. The third kappa shape index (κ3) is 6.87. The maximum Gasteiger partial charge on any atom is 0.252 e. The summed E-state index contributed by atoms with van der Waals surface area (Å²) in [5.74, 6) is -0.461. The maximum absolute atomic E-state index is 14.1. The Morgan fingerprint density at radius 3 is 2.48 bits per heavy atom. The summed E-state index contributed by atoms with van der Waals surface area (Å²) in [6.45, 7) is 4.95. The van der Waals surface area contributed by atoms with E-state index in [4.69, 9.17) is 4.74 Å². The number of thioether (sulfide) groups is 1. The number of methoxy groups -OCH3 is 1. The summed E-state index contributed by atoms with van der Waals surface area (Å²) in [4.78, 5) is 25.4. The second-order valence-electron chi connectivity index (χ2n) is 7.17. The smallest absolute Gasteiger partial charge is 0.252 e. The third-order valence-electron chi connectivity index (χ3n) is 4.41. The number of halogens is 1. The van der Waals surface area contributed by atoms with Gasteiger partial charge in [0.15, 0.2) is 0 Å². The van der Waals surface area contributed by atoms with Crippen molar-refractivity contribution in [1.82, 2.24) is 10.6 Å². The van der Waals surface area contributed by atoms with Crippen LogP contribution in [0.4, 0.5) is 4.39 Å². The van der Waals surface area contributed by atoms with Crippen LogP contribution in [0.15, 0.2) is 53.4 Å². The summed E-state index contributed by atoms with van der Waals surface area (Å²) in [6, 6.07) is 13.7. The van der Waals surface area contributed by atoms with Crippen LogP contribution in [0.25, 0.3) is 0 Å². The van der Waals surface area contributed by atoms with Crippen LogP contribution in [0.1, 0.15) is 29.8 Å². The first kappa shape index (κ1) is 22.9. The molecule has 2 aromatic rings. The van der Waals surface area contributed by atoms with Gasteiger partial charge in [0.2, 0.25) is 5.91 Å². The molecular formula is C22H27FN2O3S. The monoisotopic (exact) mass is 418 g/mol. The quantitative estimate of drug-likeness (QED) is 0.459. The molecule has 5 nitrogen and oxygen atoms in total. The van der Waals surface area contributed by atoms with E-state index in [1.165, 1.54) is 17.8 Å². The van der Waals surface area contributed by atoms with E-state index >= 15 is 0 Å². The van der Waals surface area contributed by atoms with Gasteiger partial charge in [-0.2, -0.15) is 0 Å². The van der Waals surface area contributed by atoms with Gasteiger partial charge in [-0.1, -0.05) is 44.2 Å². The van der Waals surface area contributed by atoms with E-state index in [0.717, 1.165) is 4.90 Å². The number of rotatable bonds is 10. The van der Waals surface area contributed by atoms with Crippen molar-refractivity contribution >= 4 is 23.6 Å². The lowest BCUT2D eigenvalue weighted by molar-refractivity contribution is -0.118. The molecule has 2 N–H and O–H groups in total. The Bertz CT molecular complexity index is 842. The first-order chi connectivity index (χ1) is 13.8. The molecule has 0 atom stereocenters. The van der Waals surface area contributed by atoms with Crippen molar-refractivity contribution in [2.45, 2.75) is 24.2 Å². The largest absolute Gasteiger partial charge is 0.383 e. The lowest BCUT2D eigenvalue weighted by atomic mass is 9.84. The number of amides is 2. The molecule has 0 aliphatic heterocycles. The van der Waals surface area contributed by atoms with Crippen LogP contribution in [-0.2, 0) is 14.9 Å². The zero-order valence-corrected chi connectivity index (χ0v) is 17.8. The van der Waals surface area contributed by atoms with Gasteiger partial charge in [-0.3, -0.25) is 9.59 Å². The van der Waals surface area contributed by atoms with Crippen molar-refractivity contribution in [2.24, 2.45) is 0 Å². The third-order valence-corrected chi connectivity index (χ3v) is 5.49. The number of carbonyl (C=O) groups is 2. The predicted octanol–water partition coefficient (Wildman–Crippen LogP) is 3.39. The van der Waals surface area contributed by atoms with Crippen LogP contribution in [0, 0.1) is 5.82 Å². The fraction of sp³-hybridized carbons (Fsp3) is 0.364. The van der Waals surface area contributed by atoms with Gasteiger partial charge in [0.1, 0.15) is 5.82 Å². The van der Waals surface area contributed by atoms with E-state index in [0.29, 0.717) is 24.3 Å². The van der Waals surface area contributed by atoms with Crippen LogP contribution in [0.5, 0.6) is 0 Å². The van der Waals surface area contributed by atoms with E-state index in [-0.39, 0.29) is 29.9 Å². The fourth-order valence-corrected chi connectivity index (χ4v) is 3.65. The average molecular weight is 419 g/mol. The second-order valence-corrected chi connectivity index (χ2v) is 8.19. The van der Waals surface area contributed by atoms with Crippen molar-refractivity contribution in [1.29, 1.82) is 0 Å². The van der Waals surface area contributed by atoms with Crippen molar-refractivity contribution in [3.05, 3.63) is 65.5 Å². The van der Waals surface area contributed by atoms with Gasteiger partial charge in [0.05, 0.1) is 17.9 Å². The molecule has 2 aromatic carbocycles. The highest BCUT2D eigenvalue weighted by Gasteiger charge is 2.25. The van der Waals surface area contributed by atoms with Crippen LogP contribution >= 0.6 is 11.8 Å². The molecular weight excluding hydrogens is 391 g/mol. The van der Waals surface area contributed by atoms with Gasteiger partial charge in [0.25, 0.3) is 5.91 Å². The zero-order valence-electron chi connectivity index (χ0n) is 17.0. The van der Waals surface area contributed by atoms with Crippen molar-refractivity contribution < 1.29 is 18.7 Å². The Balaban J connectivity index is 1.99. The van der Waals surface area contributed by atoms with E-state index in [2.05, 4.69) is 10.6 Å². The summed E-state index contributed by atoms with van der Waals surface area (Å²) in [5.41, 5.74) is 0.479. The predicted molar refractivity (Wildman–Crippen MR) is 114 cm³/mol. The summed E-state index contributed by atoms with van der Waals surface area (Å²) in [6.07, 6.45) is 0. The molecule has 0 radical (unpaired) electrons.